The van der Waals surface area contributed by atoms with Crippen LogP contribution >= 0.6 is 0 Å². The average Bonchev–Trinajstić information content (AvgIpc) is 2.71. The topological polar surface area (TPSA) is 66.8 Å². The molecule has 0 spiro atoms. The van der Waals surface area contributed by atoms with E-state index in [1.165, 1.54) is 12.1 Å². The number of anilines is 1. The van der Waals surface area contributed by atoms with E-state index in [0.29, 0.717) is 12.3 Å². The highest BCUT2D eigenvalue weighted by Gasteiger charge is 2.35. The second-order valence-electron chi connectivity index (χ2n) is 4.61. The fraction of sp³-hybridized carbons (Fsp3) is 0.385. The fourth-order valence-corrected chi connectivity index (χ4v) is 1.99. The lowest BCUT2D eigenvalue weighted by molar-refractivity contribution is 0.0697. The number of carboxylic acids is 1. The maximum atomic E-state index is 11.7. The summed E-state index contributed by atoms with van der Waals surface area (Å²) in [5.74, 6) is -0.707. The Morgan fingerprint density at radius 1 is 1.39 bits per heavy atom. The number of carbonyl (C=O) groups is 2. The summed E-state index contributed by atoms with van der Waals surface area (Å²) in [6.45, 7) is 4.41. The molecule has 96 valence electrons. The number of aromatic carboxylic acids is 1. The third-order valence-electron chi connectivity index (χ3n) is 3.07. The van der Waals surface area contributed by atoms with Crippen LogP contribution in [0.1, 0.15) is 24.2 Å². The van der Waals surface area contributed by atoms with E-state index in [1.807, 2.05) is 13.8 Å². The van der Waals surface area contributed by atoms with Crippen LogP contribution in [0.25, 0.3) is 0 Å². The Morgan fingerprint density at radius 2 is 2.00 bits per heavy atom. The van der Waals surface area contributed by atoms with E-state index in [1.54, 1.807) is 17.0 Å². The molecule has 2 rings (SSSR count). The summed E-state index contributed by atoms with van der Waals surface area (Å²) in [6.07, 6.45) is -0.378. The molecule has 0 aliphatic carbocycles. The van der Waals surface area contributed by atoms with E-state index in [-0.39, 0.29) is 23.6 Å². The van der Waals surface area contributed by atoms with Crippen molar-refractivity contribution in [2.75, 3.05) is 11.5 Å². The van der Waals surface area contributed by atoms with Crippen LogP contribution in [0.5, 0.6) is 0 Å². The van der Waals surface area contributed by atoms with Crippen LogP contribution in [-0.4, -0.2) is 29.8 Å². The van der Waals surface area contributed by atoms with Crippen molar-refractivity contribution < 1.29 is 19.4 Å². The van der Waals surface area contributed by atoms with E-state index < -0.39 is 5.97 Å². The molecule has 0 unspecified atom stereocenters. The molecule has 5 nitrogen and oxygen atoms in total. The van der Waals surface area contributed by atoms with Gasteiger partial charge in [-0.15, -0.1) is 0 Å². The van der Waals surface area contributed by atoms with E-state index in [9.17, 15) is 9.59 Å². The van der Waals surface area contributed by atoms with Gasteiger partial charge >= 0.3 is 12.1 Å². The molecule has 1 N–H and O–H groups in total. The van der Waals surface area contributed by atoms with E-state index in [2.05, 4.69) is 0 Å². The molecular formula is C13H15NO4. The zero-order valence-corrected chi connectivity index (χ0v) is 10.3. The fourth-order valence-electron chi connectivity index (χ4n) is 1.99. The van der Waals surface area contributed by atoms with Crippen molar-refractivity contribution >= 4 is 17.7 Å². The SMILES string of the molecule is CC(C)[C@H]1COC(=O)N1c1ccc(C(=O)O)cc1. The molecule has 0 aromatic heterocycles. The van der Waals surface area contributed by atoms with Gasteiger partial charge < -0.3 is 9.84 Å². The highest BCUT2D eigenvalue weighted by Crippen LogP contribution is 2.27. The van der Waals surface area contributed by atoms with Gasteiger partial charge in [-0.25, -0.2) is 9.59 Å². The van der Waals surface area contributed by atoms with Crippen LogP contribution in [0.15, 0.2) is 24.3 Å². The first-order valence-electron chi connectivity index (χ1n) is 5.80. The van der Waals surface area contributed by atoms with Crippen molar-refractivity contribution in [3.05, 3.63) is 29.8 Å². The van der Waals surface area contributed by atoms with Gasteiger partial charge in [-0.3, -0.25) is 4.90 Å². The molecule has 1 atom stereocenters. The van der Waals surface area contributed by atoms with E-state index in [4.69, 9.17) is 9.84 Å². The number of cyclic esters (lactones) is 1. The summed E-state index contributed by atoms with van der Waals surface area (Å²) in [4.78, 5) is 24.0. The standard InChI is InChI=1S/C13H15NO4/c1-8(2)11-7-18-13(17)14(11)10-5-3-9(4-6-10)12(15)16/h3-6,8,11H,7H2,1-2H3,(H,15,16)/t11-/m1/s1. The number of nitrogens with zero attached hydrogens (tertiary/aromatic N) is 1. The molecule has 0 bridgehead atoms. The van der Waals surface area contributed by atoms with Crippen LogP contribution in [0, 0.1) is 5.92 Å². The lowest BCUT2D eigenvalue weighted by Crippen LogP contribution is -2.37. The van der Waals surface area contributed by atoms with Gasteiger partial charge in [-0.1, -0.05) is 13.8 Å². The van der Waals surface area contributed by atoms with Gasteiger partial charge in [0.15, 0.2) is 0 Å². The first-order chi connectivity index (χ1) is 8.50. The Kier molecular flexibility index (Phi) is 3.23. The molecule has 1 heterocycles. The van der Waals surface area contributed by atoms with Crippen molar-refractivity contribution in [3.8, 4) is 0 Å². The van der Waals surface area contributed by atoms with Gasteiger partial charge in [0.25, 0.3) is 0 Å². The van der Waals surface area contributed by atoms with Gasteiger partial charge in [0, 0.05) is 5.69 Å². The number of hydrogen-bond acceptors (Lipinski definition) is 3. The van der Waals surface area contributed by atoms with Crippen molar-refractivity contribution in [1.82, 2.24) is 0 Å². The summed E-state index contributed by atoms with van der Waals surface area (Å²) in [7, 11) is 0. The quantitative estimate of drug-likeness (QED) is 0.893. The summed E-state index contributed by atoms with van der Waals surface area (Å²) in [5, 5.41) is 8.83. The zero-order valence-electron chi connectivity index (χ0n) is 10.3. The first kappa shape index (κ1) is 12.4. The number of rotatable bonds is 3. The minimum Gasteiger partial charge on any atom is -0.478 e. The summed E-state index contributed by atoms with van der Waals surface area (Å²) >= 11 is 0. The number of amides is 1. The number of benzene rings is 1. The Hall–Kier alpha value is -2.04. The van der Waals surface area contributed by atoms with Gasteiger partial charge in [0.1, 0.15) is 6.61 Å². The van der Waals surface area contributed by atoms with Crippen LogP contribution < -0.4 is 4.90 Å². The van der Waals surface area contributed by atoms with Crippen LogP contribution in [0.2, 0.25) is 0 Å². The number of carbonyl (C=O) groups excluding carboxylic acids is 1. The Morgan fingerprint density at radius 3 is 2.50 bits per heavy atom. The molecule has 1 aliphatic heterocycles. The minimum atomic E-state index is -0.981. The normalized spacial score (nSPS) is 19.2. The number of carboxylic acid groups (broad SMARTS) is 1. The van der Waals surface area contributed by atoms with Crippen LogP contribution in [-0.2, 0) is 4.74 Å². The van der Waals surface area contributed by atoms with Crippen molar-refractivity contribution in [3.63, 3.8) is 0 Å². The summed E-state index contributed by atoms with van der Waals surface area (Å²) in [5.41, 5.74) is 0.869. The van der Waals surface area contributed by atoms with Gasteiger partial charge in [-0.2, -0.15) is 0 Å². The number of hydrogen-bond donors (Lipinski definition) is 1. The van der Waals surface area contributed by atoms with Crippen molar-refractivity contribution in [1.29, 1.82) is 0 Å². The molecule has 1 amide bonds. The Balaban J connectivity index is 2.29. The van der Waals surface area contributed by atoms with Gasteiger partial charge in [-0.05, 0) is 30.2 Å². The lowest BCUT2D eigenvalue weighted by atomic mass is 10.0. The summed E-state index contributed by atoms with van der Waals surface area (Å²) in [6, 6.07) is 6.23. The molecule has 1 aromatic rings. The van der Waals surface area contributed by atoms with Crippen LogP contribution in [0.3, 0.4) is 0 Å². The molecule has 1 aromatic carbocycles. The minimum absolute atomic E-state index is 0.00632. The second-order valence-corrected chi connectivity index (χ2v) is 4.61. The predicted octanol–water partition coefficient (Wildman–Crippen LogP) is 2.37. The van der Waals surface area contributed by atoms with Crippen LogP contribution in [0.4, 0.5) is 10.5 Å². The van der Waals surface area contributed by atoms with Gasteiger partial charge in [0.05, 0.1) is 11.6 Å². The lowest BCUT2D eigenvalue weighted by Gasteiger charge is -2.24. The Labute approximate surface area is 105 Å². The largest absolute Gasteiger partial charge is 0.478 e. The highest BCUT2D eigenvalue weighted by molar-refractivity contribution is 5.92. The first-order valence-corrected chi connectivity index (χ1v) is 5.80. The third-order valence-corrected chi connectivity index (χ3v) is 3.07. The average molecular weight is 249 g/mol. The number of ether oxygens (including phenoxy) is 1. The monoisotopic (exact) mass is 249 g/mol. The molecule has 1 saturated heterocycles. The van der Waals surface area contributed by atoms with Crippen molar-refractivity contribution in [2.45, 2.75) is 19.9 Å². The maximum absolute atomic E-state index is 11.7. The molecule has 0 saturated carbocycles. The Bertz CT molecular complexity index is 466. The zero-order chi connectivity index (χ0) is 13.3. The third kappa shape index (κ3) is 2.16. The van der Waals surface area contributed by atoms with E-state index in [0.717, 1.165) is 0 Å². The van der Waals surface area contributed by atoms with Gasteiger partial charge in [0.2, 0.25) is 0 Å². The molecule has 0 radical (unpaired) electrons. The van der Waals surface area contributed by atoms with E-state index >= 15 is 0 Å². The molecule has 1 aliphatic rings. The predicted molar refractivity (Wildman–Crippen MR) is 65.9 cm³/mol. The molecule has 1 fully saturated rings. The summed E-state index contributed by atoms with van der Waals surface area (Å²) < 4.78 is 5.04. The molecule has 5 heteroatoms. The highest BCUT2D eigenvalue weighted by atomic mass is 16.6. The maximum Gasteiger partial charge on any atom is 0.414 e. The molecule has 18 heavy (non-hydrogen) atoms. The van der Waals surface area contributed by atoms with Crippen molar-refractivity contribution in [2.24, 2.45) is 5.92 Å². The smallest absolute Gasteiger partial charge is 0.414 e. The molecular weight excluding hydrogens is 234 g/mol. The second kappa shape index (κ2) is 4.68.